The molecule has 1 aliphatic heterocycles. The zero-order valence-electron chi connectivity index (χ0n) is 10.3. The lowest BCUT2D eigenvalue weighted by Gasteiger charge is -2.53. The van der Waals surface area contributed by atoms with Crippen LogP contribution >= 0.6 is 0 Å². The molecule has 1 saturated heterocycles. The fraction of sp³-hybridized carbons (Fsp3) is 0.929. The summed E-state index contributed by atoms with van der Waals surface area (Å²) in [6, 6.07) is 0. The number of epoxide rings is 1. The van der Waals surface area contributed by atoms with Crippen LogP contribution in [0, 0.1) is 28.6 Å². The maximum absolute atomic E-state index is 11.8. The number of hydrogen-bond donors (Lipinski definition) is 0. The number of carbonyl (C=O) groups is 1. The maximum Gasteiger partial charge on any atom is 0.139 e. The van der Waals surface area contributed by atoms with E-state index in [0.29, 0.717) is 23.4 Å². The average Bonchev–Trinajstić information content (AvgIpc) is 2.81. The minimum atomic E-state index is 0.257. The summed E-state index contributed by atoms with van der Waals surface area (Å²) in [5.41, 5.74) is 0.746. The molecule has 0 unspecified atom stereocenters. The topological polar surface area (TPSA) is 29.6 Å². The molecule has 0 aromatic heterocycles. The van der Waals surface area contributed by atoms with Gasteiger partial charge in [-0.25, -0.2) is 0 Å². The molecule has 16 heavy (non-hydrogen) atoms. The van der Waals surface area contributed by atoms with Gasteiger partial charge in [-0.15, -0.1) is 0 Å². The van der Waals surface area contributed by atoms with E-state index in [2.05, 4.69) is 20.8 Å². The third kappa shape index (κ3) is 0.919. The number of ether oxygens (including phenoxy) is 1. The Bertz CT molecular complexity index is 386. The van der Waals surface area contributed by atoms with Crippen LogP contribution in [0.4, 0.5) is 0 Å². The highest BCUT2D eigenvalue weighted by atomic mass is 16.6. The fourth-order valence-corrected chi connectivity index (χ4v) is 5.18. The molecule has 88 valence electrons. The highest BCUT2D eigenvalue weighted by Gasteiger charge is 2.73. The van der Waals surface area contributed by atoms with Crippen LogP contribution in [0.3, 0.4) is 0 Å². The van der Waals surface area contributed by atoms with Gasteiger partial charge >= 0.3 is 0 Å². The van der Waals surface area contributed by atoms with Crippen molar-refractivity contribution in [1.82, 2.24) is 0 Å². The molecule has 0 aromatic carbocycles. The van der Waals surface area contributed by atoms with E-state index in [-0.39, 0.29) is 11.3 Å². The van der Waals surface area contributed by atoms with E-state index in [0.717, 1.165) is 18.3 Å². The van der Waals surface area contributed by atoms with Crippen molar-refractivity contribution in [3.05, 3.63) is 0 Å². The van der Waals surface area contributed by atoms with Gasteiger partial charge in [0, 0.05) is 6.42 Å². The van der Waals surface area contributed by atoms with Crippen LogP contribution in [0.2, 0.25) is 0 Å². The second-order valence-electron chi connectivity index (χ2n) is 7.53. The van der Waals surface area contributed by atoms with Crippen molar-refractivity contribution < 1.29 is 9.53 Å². The SMILES string of the molecule is CC1(C)C[C@@H]2[C@H]3O[C@H]3[C@H]3C(=O)C[C@@]3(C)[C@@H]2C1. The summed E-state index contributed by atoms with van der Waals surface area (Å²) in [4.78, 5) is 11.8. The lowest BCUT2D eigenvalue weighted by Crippen LogP contribution is -2.58. The van der Waals surface area contributed by atoms with Crippen molar-refractivity contribution in [3.8, 4) is 0 Å². The Balaban J connectivity index is 1.74. The molecule has 6 atom stereocenters. The van der Waals surface area contributed by atoms with Gasteiger partial charge in [0.2, 0.25) is 0 Å². The molecule has 2 heteroatoms. The van der Waals surface area contributed by atoms with E-state index in [1.165, 1.54) is 12.8 Å². The Kier molecular flexibility index (Phi) is 1.45. The first-order valence-electron chi connectivity index (χ1n) is 6.61. The van der Waals surface area contributed by atoms with Crippen molar-refractivity contribution in [2.45, 2.75) is 52.2 Å². The minimum Gasteiger partial charge on any atom is -0.368 e. The quantitative estimate of drug-likeness (QED) is 0.587. The summed E-state index contributed by atoms with van der Waals surface area (Å²) < 4.78 is 5.83. The number of carbonyl (C=O) groups excluding carboxylic acids is 1. The Hall–Kier alpha value is -0.370. The molecule has 3 aliphatic carbocycles. The van der Waals surface area contributed by atoms with Crippen molar-refractivity contribution in [2.24, 2.45) is 28.6 Å². The van der Waals surface area contributed by atoms with Crippen LogP contribution in [0.25, 0.3) is 0 Å². The Morgan fingerprint density at radius 1 is 1.19 bits per heavy atom. The van der Waals surface area contributed by atoms with E-state index in [9.17, 15) is 4.79 Å². The number of Topliss-reactive ketones (excluding diaryl/α,β-unsaturated/α-hetero) is 1. The molecule has 0 N–H and O–H groups in total. The Labute approximate surface area is 96.7 Å². The molecule has 0 bridgehead atoms. The van der Waals surface area contributed by atoms with Gasteiger partial charge < -0.3 is 4.74 Å². The summed E-state index contributed by atoms with van der Waals surface area (Å²) >= 11 is 0. The normalized spacial score (nSPS) is 60.7. The molecule has 0 spiro atoms. The van der Waals surface area contributed by atoms with Crippen molar-refractivity contribution >= 4 is 5.78 Å². The van der Waals surface area contributed by atoms with Gasteiger partial charge in [0.1, 0.15) is 5.78 Å². The molecule has 2 nitrogen and oxygen atoms in total. The van der Waals surface area contributed by atoms with Crippen LogP contribution in [0.15, 0.2) is 0 Å². The number of hydrogen-bond acceptors (Lipinski definition) is 2. The first-order chi connectivity index (χ1) is 7.42. The molecular weight excluding hydrogens is 200 g/mol. The van der Waals surface area contributed by atoms with Crippen molar-refractivity contribution in [2.75, 3.05) is 0 Å². The third-order valence-electron chi connectivity index (χ3n) is 5.85. The summed E-state index contributed by atoms with van der Waals surface area (Å²) in [5.74, 6) is 2.22. The van der Waals surface area contributed by atoms with Crippen LogP contribution < -0.4 is 0 Å². The maximum atomic E-state index is 11.8. The van der Waals surface area contributed by atoms with Gasteiger partial charge in [-0.3, -0.25) is 4.79 Å². The fourth-order valence-electron chi connectivity index (χ4n) is 5.18. The van der Waals surface area contributed by atoms with Gasteiger partial charge in [0.25, 0.3) is 0 Å². The van der Waals surface area contributed by atoms with Gasteiger partial charge in [-0.05, 0) is 35.5 Å². The Morgan fingerprint density at radius 2 is 1.94 bits per heavy atom. The standard InChI is InChI=1S/C14H20O2/c1-13(2)4-7-8(5-13)14(3)6-9(15)10(14)12-11(7)16-12/h7-8,10-12H,4-6H2,1-3H3/t7-,8+,10+,11+,12-,14-/m0/s1. The molecule has 4 aliphatic rings. The molecule has 3 saturated carbocycles. The molecule has 1 heterocycles. The number of ketones is 1. The van der Waals surface area contributed by atoms with Crippen molar-refractivity contribution in [3.63, 3.8) is 0 Å². The third-order valence-corrected chi connectivity index (χ3v) is 5.85. The monoisotopic (exact) mass is 220 g/mol. The van der Waals surface area contributed by atoms with Crippen LogP contribution in [-0.2, 0) is 9.53 Å². The average molecular weight is 220 g/mol. The predicted molar refractivity (Wildman–Crippen MR) is 59.9 cm³/mol. The number of rotatable bonds is 0. The molecule has 0 aromatic rings. The first kappa shape index (κ1) is 9.64. The van der Waals surface area contributed by atoms with Gasteiger partial charge in [0.15, 0.2) is 0 Å². The molecule has 4 rings (SSSR count). The zero-order valence-corrected chi connectivity index (χ0v) is 10.3. The first-order valence-corrected chi connectivity index (χ1v) is 6.61. The van der Waals surface area contributed by atoms with E-state index >= 15 is 0 Å². The second-order valence-corrected chi connectivity index (χ2v) is 7.53. The zero-order chi connectivity index (χ0) is 11.3. The smallest absolute Gasteiger partial charge is 0.139 e. The molecular formula is C14H20O2. The van der Waals surface area contributed by atoms with E-state index < -0.39 is 0 Å². The molecule has 0 radical (unpaired) electrons. The summed E-state index contributed by atoms with van der Waals surface area (Å²) in [6.45, 7) is 7.10. The van der Waals surface area contributed by atoms with Crippen molar-refractivity contribution in [1.29, 1.82) is 0 Å². The van der Waals surface area contributed by atoms with E-state index in [1.807, 2.05) is 0 Å². The van der Waals surface area contributed by atoms with Gasteiger partial charge in [-0.1, -0.05) is 20.8 Å². The largest absolute Gasteiger partial charge is 0.368 e. The van der Waals surface area contributed by atoms with Crippen LogP contribution in [0.1, 0.15) is 40.0 Å². The molecule has 4 fully saturated rings. The van der Waals surface area contributed by atoms with Crippen LogP contribution in [-0.4, -0.2) is 18.0 Å². The Morgan fingerprint density at radius 3 is 2.62 bits per heavy atom. The number of fused-ring (bicyclic) bond motifs is 6. The van der Waals surface area contributed by atoms with E-state index in [1.54, 1.807) is 0 Å². The van der Waals surface area contributed by atoms with E-state index in [4.69, 9.17) is 4.74 Å². The van der Waals surface area contributed by atoms with Gasteiger partial charge in [0.05, 0.1) is 18.1 Å². The summed E-state index contributed by atoms with van der Waals surface area (Å²) in [7, 11) is 0. The lowest BCUT2D eigenvalue weighted by atomic mass is 9.47. The summed E-state index contributed by atoms with van der Waals surface area (Å²) in [5, 5.41) is 0. The lowest BCUT2D eigenvalue weighted by molar-refractivity contribution is -0.152. The highest BCUT2D eigenvalue weighted by molar-refractivity contribution is 5.90. The second kappa shape index (κ2) is 2.40. The highest BCUT2D eigenvalue weighted by Crippen LogP contribution is 2.70. The summed E-state index contributed by atoms with van der Waals surface area (Å²) in [6.07, 6.45) is 4.16. The van der Waals surface area contributed by atoms with Crippen LogP contribution in [0.5, 0.6) is 0 Å². The minimum absolute atomic E-state index is 0.257. The molecule has 0 amide bonds. The van der Waals surface area contributed by atoms with Gasteiger partial charge in [-0.2, -0.15) is 0 Å². The predicted octanol–water partition coefficient (Wildman–Crippen LogP) is 2.42.